The molecule has 4 rings (SSSR count). The van der Waals surface area contributed by atoms with E-state index >= 15 is 0 Å². The van der Waals surface area contributed by atoms with Gasteiger partial charge in [0.15, 0.2) is 0 Å². The molecule has 0 saturated carbocycles. The highest BCUT2D eigenvalue weighted by molar-refractivity contribution is 5.77. The molecule has 0 saturated heterocycles. The minimum Gasteiger partial charge on any atom is -0.497 e. The normalized spacial score (nSPS) is 11.0. The molecule has 2 heterocycles. The molecule has 0 aliphatic heterocycles. The minimum atomic E-state index is -0.542. The van der Waals surface area contributed by atoms with E-state index in [0.717, 1.165) is 11.1 Å². The van der Waals surface area contributed by atoms with Crippen LogP contribution in [0.25, 0.3) is 10.9 Å². The van der Waals surface area contributed by atoms with Gasteiger partial charge in [0.05, 0.1) is 32.7 Å². The van der Waals surface area contributed by atoms with Gasteiger partial charge in [-0.25, -0.2) is 4.79 Å². The van der Waals surface area contributed by atoms with E-state index in [1.807, 2.05) is 12.1 Å². The van der Waals surface area contributed by atoms with Crippen LogP contribution in [0.4, 0.5) is 0 Å². The second kappa shape index (κ2) is 8.82. The molecule has 2 aromatic heterocycles. The van der Waals surface area contributed by atoms with Crippen LogP contribution >= 0.6 is 0 Å². The molecule has 0 amide bonds. The summed E-state index contributed by atoms with van der Waals surface area (Å²) < 4.78 is 14.4. The van der Waals surface area contributed by atoms with Crippen molar-refractivity contribution in [2.45, 2.75) is 20.0 Å². The van der Waals surface area contributed by atoms with Crippen LogP contribution in [0, 0.1) is 6.92 Å². The van der Waals surface area contributed by atoms with Gasteiger partial charge in [0, 0.05) is 12.7 Å². The first kappa shape index (κ1) is 22.1. The first-order chi connectivity index (χ1) is 15.8. The Morgan fingerprint density at radius 2 is 1.21 bits per heavy atom. The SMILES string of the molecule is COc1ccc(Cn2c(=O)c3cc(C)n(C)c(=O)c3n(Cc3ccc(OC)cc3)c2=O)cc1. The highest BCUT2D eigenvalue weighted by atomic mass is 16.5. The molecule has 8 heteroatoms. The van der Waals surface area contributed by atoms with E-state index in [1.54, 1.807) is 70.7 Å². The molecule has 0 bridgehead atoms. The molecule has 0 aliphatic rings. The van der Waals surface area contributed by atoms with Gasteiger partial charge < -0.3 is 14.0 Å². The Balaban J connectivity index is 1.94. The third-order valence-corrected chi connectivity index (χ3v) is 5.85. The summed E-state index contributed by atoms with van der Waals surface area (Å²) in [6, 6.07) is 16.1. The van der Waals surface area contributed by atoms with E-state index in [2.05, 4.69) is 0 Å². The molecule has 2 aromatic carbocycles. The summed E-state index contributed by atoms with van der Waals surface area (Å²) in [5.74, 6) is 1.37. The van der Waals surface area contributed by atoms with Crippen molar-refractivity contribution in [3.63, 3.8) is 0 Å². The molecule has 0 spiro atoms. The molecular weight excluding hydrogens is 422 g/mol. The highest BCUT2D eigenvalue weighted by Gasteiger charge is 2.18. The summed E-state index contributed by atoms with van der Waals surface area (Å²) in [4.78, 5) is 40.0. The third-order valence-electron chi connectivity index (χ3n) is 5.85. The average molecular weight is 447 g/mol. The Hall–Kier alpha value is -4.07. The van der Waals surface area contributed by atoms with Gasteiger partial charge in [-0.1, -0.05) is 24.3 Å². The largest absolute Gasteiger partial charge is 0.497 e. The lowest BCUT2D eigenvalue weighted by Gasteiger charge is -2.16. The molecule has 4 aromatic rings. The van der Waals surface area contributed by atoms with Crippen molar-refractivity contribution >= 4 is 10.9 Å². The number of ether oxygens (including phenoxy) is 2. The fourth-order valence-electron chi connectivity index (χ4n) is 3.82. The Morgan fingerprint density at radius 3 is 1.70 bits per heavy atom. The van der Waals surface area contributed by atoms with Crippen molar-refractivity contribution in [2.24, 2.45) is 7.05 Å². The molecule has 8 nitrogen and oxygen atoms in total. The van der Waals surface area contributed by atoms with Crippen molar-refractivity contribution in [1.29, 1.82) is 0 Å². The molecule has 0 fully saturated rings. The van der Waals surface area contributed by atoms with Gasteiger partial charge in [-0.2, -0.15) is 0 Å². The number of pyridine rings is 1. The summed E-state index contributed by atoms with van der Waals surface area (Å²) in [7, 11) is 4.78. The smallest absolute Gasteiger partial charge is 0.332 e. The van der Waals surface area contributed by atoms with Crippen molar-refractivity contribution in [2.75, 3.05) is 14.2 Å². The number of fused-ring (bicyclic) bond motifs is 1. The van der Waals surface area contributed by atoms with Crippen molar-refractivity contribution in [3.8, 4) is 11.5 Å². The first-order valence-corrected chi connectivity index (χ1v) is 10.4. The molecule has 170 valence electrons. The predicted molar refractivity (Wildman–Crippen MR) is 127 cm³/mol. The zero-order valence-electron chi connectivity index (χ0n) is 19.0. The number of aromatic nitrogens is 3. The van der Waals surface area contributed by atoms with Crippen LogP contribution < -0.4 is 26.3 Å². The van der Waals surface area contributed by atoms with E-state index in [-0.39, 0.29) is 29.6 Å². The minimum absolute atomic E-state index is 0.0778. The second-order valence-electron chi connectivity index (χ2n) is 7.87. The van der Waals surface area contributed by atoms with Gasteiger partial charge in [0.2, 0.25) is 0 Å². The van der Waals surface area contributed by atoms with Gasteiger partial charge in [0.1, 0.15) is 17.0 Å². The van der Waals surface area contributed by atoms with E-state index in [1.165, 1.54) is 13.7 Å². The van der Waals surface area contributed by atoms with E-state index in [0.29, 0.717) is 17.2 Å². The predicted octanol–water partition coefficient (Wildman–Crippen LogP) is 2.28. The number of methoxy groups -OCH3 is 2. The summed E-state index contributed by atoms with van der Waals surface area (Å²) >= 11 is 0. The van der Waals surface area contributed by atoms with Gasteiger partial charge in [-0.05, 0) is 48.4 Å². The van der Waals surface area contributed by atoms with Gasteiger partial charge in [-0.3, -0.25) is 18.7 Å². The number of benzene rings is 2. The molecule has 33 heavy (non-hydrogen) atoms. The third kappa shape index (κ3) is 4.07. The number of hydrogen-bond acceptors (Lipinski definition) is 5. The lowest BCUT2D eigenvalue weighted by atomic mass is 10.2. The molecule has 0 N–H and O–H groups in total. The van der Waals surface area contributed by atoms with Crippen LogP contribution in [0.5, 0.6) is 11.5 Å². The summed E-state index contributed by atoms with van der Waals surface area (Å²) in [5.41, 5.74) is 0.888. The topological polar surface area (TPSA) is 84.5 Å². The van der Waals surface area contributed by atoms with Crippen molar-refractivity contribution in [3.05, 3.63) is 103 Å². The second-order valence-corrected chi connectivity index (χ2v) is 7.87. The van der Waals surface area contributed by atoms with E-state index in [4.69, 9.17) is 9.47 Å². The van der Waals surface area contributed by atoms with Gasteiger partial charge >= 0.3 is 5.69 Å². The molecule has 0 radical (unpaired) electrons. The maximum absolute atomic E-state index is 13.5. The standard InChI is InChI=1S/C25H25N3O5/c1-16-13-21-22(24(30)26(16)2)27(14-17-5-9-19(32-3)10-6-17)25(31)28(23(21)29)15-18-7-11-20(33-4)12-8-18/h5-13H,14-15H2,1-4H3. The molecule has 0 atom stereocenters. The van der Waals surface area contributed by atoms with E-state index < -0.39 is 11.2 Å². The Labute approximate surface area is 189 Å². The lowest BCUT2D eigenvalue weighted by Crippen LogP contribution is -2.43. The maximum atomic E-state index is 13.5. The van der Waals surface area contributed by atoms with E-state index in [9.17, 15) is 14.4 Å². The molecular formula is C25H25N3O5. The van der Waals surface area contributed by atoms with Crippen LogP contribution in [-0.2, 0) is 20.1 Å². The monoisotopic (exact) mass is 447 g/mol. The van der Waals surface area contributed by atoms with Crippen molar-refractivity contribution in [1.82, 2.24) is 13.7 Å². The van der Waals surface area contributed by atoms with Crippen molar-refractivity contribution < 1.29 is 9.47 Å². The summed E-state index contributed by atoms with van der Waals surface area (Å²) in [6.45, 7) is 1.97. The van der Waals surface area contributed by atoms with Gasteiger partial charge in [0.25, 0.3) is 11.1 Å². The Kier molecular flexibility index (Phi) is 5.91. The summed E-state index contributed by atoms with van der Waals surface area (Å²) in [5, 5.41) is 0.220. The fraction of sp³-hybridized carbons (Fsp3) is 0.240. The summed E-state index contributed by atoms with van der Waals surface area (Å²) in [6.07, 6.45) is 0. The lowest BCUT2D eigenvalue weighted by molar-refractivity contribution is 0.414. The number of aryl methyl sites for hydroxylation is 1. The van der Waals surface area contributed by atoms with Crippen LogP contribution in [-0.4, -0.2) is 27.9 Å². The number of nitrogens with zero attached hydrogens (tertiary/aromatic N) is 3. The van der Waals surface area contributed by atoms with Crippen LogP contribution in [0.15, 0.2) is 69.0 Å². The zero-order chi connectivity index (χ0) is 23.7. The Bertz CT molecular complexity index is 1490. The maximum Gasteiger partial charge on any atom is 0.332 e. The molecule has 0 unspecified atom stereocenters. The highest BCUT2D eigenvalue weighted by Crippen LogP contribution is 2.15. The molecule has 0 aliphatic carbocycles. The van der Waals surface area contributed by atoms with Gasteiger partial charge in [-0.15, -0.1) is 0 Å². The quantitative estimate of drug-likeness (QED) is 0.453. The number of rotatable bonds is 6. The fourth-order valence-corrected chi connectivity index (χ4v) is 3.82. The first-order valence-electron chi connectivity index (χ1n) is 10.4. The van der Waals surface area contributed by atoms with Crippen LogP contribution in [0.1, 0.15) is 16.8 Å². The Morgan fingerprint density at radius 1 is 0.727 bits per heavy atom. The number of hydrogen-bond donors (Lipinski definition) is 0. The average Bonchev–Trinajstić information content (AvgIpc) is 2.84. The van der Waals surface area contributed by atoms with Crippen LogP contribution in [0.2, 0.25) is 0 Å². The van der Waals surface area contributed by atoms with Crippen LogP contribution in [0.3, 0.4) is 0 Å². The zero-order valence-corrected chi connectivity index (χ0v) is 19.0.